The Labute approximate surface area is 143 Å². The number of fused-ring (bicyclic) bond motifs is 1. The van der Waals surface area contributed by atoms with Gasteiger partial charge in [-0.25, -0.2) is 0 Å². The maximum Gasteiger partial charge on any atom is 0.0700 e. The van der Waals surface area contributed by atoms with Crippen LogP contribution in [0.4, 0.5) is 0 Å². The van der Waals surface area contributed by atoms with Crippen LogP contribution in [0, 0.1) is 0 Å². The molecule has 1 aromatic heterocycles. The molecule has 0 bridgehead atoms. The van der Waals surface area contributed by atoms with Crippen molar-refractivity contribution in [2.45, 2.75) is 62.3 Å². The topological polar surface area (TPSA) is 30.3 Å². The highest BCUT2D eigenvalue weighted by molar-refractivity contribution is 8.00. The highest BCUT2D eigenvalue weighted by Gasteiger charge is 2.35. The molecule has 1 aliphatic carbocycles. The monoisotopic (exact) mass is 335 g/mol. The van der Waals surface area contributed by atoms with Gasteiger partial charge in [-0.2, -0.15) is 16.9 Å². The van der Waals surface area contributed by atoms with Crippen LogP contribution in [0.25, 0.3) is 0 Å². The van der Waals surface area contributed by atoms with Crippen LogP contribution in [0.2, 0.25) is 0 Å². The van der Waals surface area contributed by atoms with Crippen molar-refractivity contribution in [3.8, 4) is 0 Å². The first kappa shape index (κ1) is 16.0. The van der Waals surface area contributed by atoms with E-state index >= 15 is 0 Å². The van der Waals surface area contributed by atoms with E-state index in [9.17, 15) is 0 Å². The molecule has 2 atom stereocenters. The Bertz CT molecular complexity index is 524. The largest absolute Gasteiger partial charge is 0.380 e. The predicted octanol–water partition coefficient (Wildman–Crippen LogP) is 3.17. The lowest BCUT2D eigenvalue weighted by Crippen LogP contribution is -2.51. The van der Waals surface area contributed by atoms with Crippen molar-refractivity contribution < 1.29 is 4.74 Å². The molecule has 4 rings (SSSR count). The van der Waals surface area contributed by atoms with E-state index in [0.29, 0.717) is 17.2 Å². The minimum absolute atomic E-state index is 0.673. The van der Waals surface area contributed by atoms with Crippen molar-refractivity contribution >= 4 is 11.8 Å². The van der Waals surface area contributed by atoms with E-state index in [4.69, 9.17) is 9.84 Å². The molecule has 3 fully saturated rings. The highest BCUT2D eigenvalue weighted by Crippen LogP contribution is 2.36. The number of rotatable bonds is 3. The first-order chi connectivity index (χ1) is 11.3. The van der Waals surface area contributed by atoms with Crippen LogP contribution >= 0.6 is 11.8 Å². The molecular weight excluding hydrogens is 306 g/mol. The van der Waals surface area contributed by atoms with E-state index in [1.54, 1.807) is 0 Å². The second kappa shape index (κ2) is 7.16. The average molecular weight is 336 g/mol. The van der Waals surface area contributed by atoms with E-state index in [2.05, 4.69) is 29.9 Å². The molecule has 0 N–H and O–H groups in total. The summed E-state index contributed by atoms with van der Waals surface area (Å²) in [5.41, 5.74) is 2.88. The van der Waals surface area contributed by atoms with Gasteiger partial charge in [-0.1, -0.05) is 19.3 Å². The third-order valence-corrected chi connectivity index (χ3v) is 7.05. The Morgan fingerprint density at radius 2 is 2.13 bits per heavy atom. The summed E-state index contributed by atoms with van der Waals surface area (Å²) in [6, 6.07) is 0.696. The van der Waals surface area contributed by atoms with Crippen LogP contribution in [-0.2, 0) is 18.3 Å². The normalized spacial score (nSPS) is 30.3. The number of hydrogen-bond donors (Lipinski definition) is 0. The molecule has 5 heteroatoms. The fourth-order valence-corrected chi connectivity index (χ4v) is 5.94. The van der Waals surface area contributed by atoms with Crippen molar-refractivity contribution in [3.63, 3.8) is 0 Å². The zero-order valence-corrected chi connectivity index (χ0v) is 15.1. The first-order valence-electron chi connectivity index (χ1n) is 9.27. The van der Waals surface area contributed by atoms with Crippen molar-refractivity contribution in [2.24, 2.45) is 7.05 Å². The van der Waals surface area contributed by atoms with E-state index in [0.717, 1.165) is 19.8 Å². The summed E-state index contributed by atoms with van der Waals surface area (Å²) >= 11 is 2.11. The summed E-state index contributed by atoms with van der Waals surface area (Å²) in [5.74, 6) is 1.94. The Morgan fingerprint density at radius 3 is 3.00 bits per heavy atom. The fourth-order valence-electron chi connectivity index (χ4n) is 4.58. The van der Waals surface area contributed by atoms with Crippen molar-refractivity contribution in [1.29, 1.82) is 0 Å². The number of ether oxygens (including phenoxy) is 1. The highest BCUT2D eigenvalue weighted by atomic mass is 32.2. The average Bonchev–Trinajstić information content (AvgIpc) is 2.96. The van der Waals surface area contributed by atoms with Gasteiger partial charge in [-0.3, -0.25) is 9.58 Å². The summed E-state index contributed by atoms with van der Waals surface area (Å²) in [6.45, 7) is 4.17. The van der Waals surface area contributed by atoms with Gasteiger partial charge in [-0.15, -0.1) is 0 Å². The molecule has 4 nitrogen and oxygen atoms in total. The number of aromatic nitrogens is 2. The van der Waals surface area contributed by atoms with Gasteiger partial charge in [0.2, 0.25) is 0 Å². The lowest BCUT2D eigenvalue weighted by molar-refractivity contribution is 0.0350. The van der Waals surface area contributed by atoms with Crippen LogP contribution in [-0.4, -0.2) is 51.5 Å². The van der Waals surface area contributed by atoms with Crippen molar-refractivity contribution in [2.75, 3.05) is 25.5 Å². The zero-order valence-electron chi connectivity index (χ0n) is 14.2. The summed E-state index contributed by atoms with van der Waals surface area (Å²) < 4.78 is 7.74. The van der Waals surface area contributed by atoms with Gasteiger partial charge in [0.05, 0.1) is 12.3 Å². The summed E-state index contributed by atoms with van der Waals surface area (Å²) in [4.78, 5) is 2.72. The third kappa shape index (κ3) is 3.47. The van der Waals surface area contributed by atoms with Gasteiger partial charge in [-0.05, 0) is 19.3 Å². The van der Waals surface area contributed by atoms with E-state index in [1.807, 2.05) is 4.68 Å². The SMILES string of the molecule is Cn1cc(CN2CCS[C@@H]3COCC[C@H]32)c(C2CCCCC2)n1. The lowest BCUT2D eigenvalue weighted by Gasteiger charge is -2.43. The first-order valence-corrected chi connectivity index (χ1v) is 10.3. The van der Waals surface area contributed by atoms with Gasteiger partial charge in [0.1, 0.15) is 0 Å². The van der Waals surface area contributed by atoms with Gasteiger partial charge < -0.3 is 4.74 Å². The molecular formula is C18H29N3OS. The van der Waals surface area contributed by atoms with Crippen LogP contribution in [0.1, 0.15) is 55.7 Å². The maximum absolute atomic E-state index is 5.70. The molecule has 1 aromatic rings. The molecule has 3 heterocycles. The number of thioether (sulfide) groups is 1. The van der Waals surface area contributed by atoms with Gasteiger partial charge in [0.15, 0.2) is 0 Å². The zero-order chi connectivity index (χ0) is 15.6. The van der Waals surface area contributed by atoms with E-state index < -0.39 is 0 Å². The summed E-state index contributed by atoms with van der Waals surface area (Å²) in [5, 5.41) is 5.54. The fraction of sp³-hybridized carbons (Fsp3) is 0.833. The Hall–Kier alpha value is -0.520. The van der Waals surface area contributed by atoms with Gasteiger partial charge in [0, 0.05) is 61.5 Å². The molecule has 0 unspecified atom stereocenters. The van der Waals surface area contributed by atoms with Crippen LogP contribution in [0.5, 0.6) is 0 Å². The molecule has 0 spiro atoms. The molecule has 2 saturated heterocycles. The Kier molecular flexibility index (Phi) is 4.97. The second-order valence-electron chi connectivity index (χ2n) is 7.36. The van der Waals surface area contributed by atoms with E-state index in [1.165, 1.54) is 62.1 Å². The summed E-state index contributed by atoms with van der Waals surface area (Å²) in [7, 11) is 2.08. The molecule has 0 radical (unpaired) electrons. The lowest BCUT2D eigenvalue weighted by atomic mass is 9.85. The van der Waals surface area contributed by atoms with Crippen molar-refractivity contribution in [3.05, 3.63) is 17.5 Å². The van der Waals surface area contributed by atoms with Gasteiger partial charge in [0.25, 0.3) is 0 Å². The maximum atomic E-state index is 5.70. The molecule has 128 valence electrons. The minimum atomic E-state index is 0.673. The number of aryl methyl sites for hydroxylation is 1. The molecule has 1 saturated carbocycles. The quantitative estimate of drug-likeness (QED) is 0.849. The molecule has 2 aliphatic heterocycles. The second-order valence-corrected chi connectivity index (χ2v) is 8.71. The van der Waals surface area contributed by atoms with Crippen LogP contribution in [0.15, 0.2) is 6.20 Å². The minimum Gasteiger partial charge on any atom is -0.380 e. The molecule has 23 heavy (non-hydrogen) atoms. The molecule has 3 aliphatic rings. The van der Waals surface area contributed by atoms with Crippen LogP contribution in [0.3, 0.4) is 0 Å². The van der Waals surface area contributed by atoms with Gasteiger partial charge >= 0.3 is 0 Å². The smallest absolute Gasteiger partial charge is 0.0700 e. The third-order valence-electron chi connectivity index (χ3n) is 5.75. The predicted molar refractivity (Wildman–Crippen MR) is 94.9 cm³/mol. The molecule has 0 amide bonds. The number of hydrogen-bond acceptors (Lipinski definition) is 4. The molecule has 0 aromatic carbocycles. The Morgan fingerprint density at radius 1 is 1.26 bits per heavy atom. The standard InChI is InChI=1S/C18H29N3OS/c1-20-11-15(18(19-20)14-5-3-2-4-6-14)12-21-8-10-23-17-13-22-9-7-16(17)21/h11,14,16-17H,2-10,12-13H2,1H3/t16-,17-/m1/s1. The number of nitrogens with zero attached hydrogens (tertiary/aromatic N) is 3. The van der Waals surface area contributed by atoms with Crippen LogP contribution < -0.4 is 0 Å². The van der Waals surface area contributed by atoms with Crippen molar-refractivity contribution in [1.82, 2.24) is 14.7 Å². The summed E-state index contributed by atoms with van der Waals surface area (Å²) in [6.07, 6.45) is 10.3. The Balaban J connectivity index is 1.51. The van der Waals surface area contributed by atoms with E-state index in [-0.39, 0.29) is 0 Å².